The van der Waals surface area contributed by atoms with Crippen LogP contribution in [0.1, 0.15) is 43.2 Å². The Morgan fingerprint density at radius 3 is 2.50 bits per heavy atom. The van der Waals surface area contributed by atoms with Crippen LogP contribution in [-0.2, 0) is 9.53 Å². The lowest BCUT2D eigenvalue weighted by Gasteiger charge is -2.34. The summed E-state index contributed by atoms with van der Waals surface area (Å²) in [5.41, 5.74) is 0.606. The van der Waals surface area contributed by atoms with Crippen molar-refractivity contribution in [3.05, 3.63) is 39.1 Å². The van der Waals surface area contributed by atoms with Crippen molar-refractivity contribution in [2.75, 3.05) is 0 Å². The van der Waals surface area contributed by atoms with E-state index in [2.05, 4.69) is 5.32 Å². The smallest absolute Gasteiger partial charge is 0.449 e. The van der Waals surface area contributed by atoms with Gasteiger partial charge in [0, 0.05) is 10.6 Å². The molecule has 1 aliphatic carbocycles. The van der Waals surface area contributed by atoms with Crippen molar-refractivity contribution in [3.63, 3.8) is 0 Å². The van der Waals surface area contributed by atoms with Gasteiger partial charge in [0.15, 0.2) is 0 Å². The van der Waals surface area contributed by atoms with E-state index in [0.717, 1.165) is 24.8 Å². The van der Waals surface area contributed by atoms with E-state index in [-0.39, 0.29) is 22.3 Å². The van der Waals surface area contributed by atoms with E-state index in [0.29, 0.717) is 23.4 Å². The molecule has 0 bridgehead atoms. The first-order valence-electron chi connectivity index (χ1n) is 7.78. The summed E-state index contributed by atoms with van der Waals surface area (Å²) in [5, 5.41) is 12.9. The minimum absolute atomic E-state index is 0.156. The predicted octanol–water partition coefficient (Wildman–Crippen LogP) is 4.54. The molecule has 0 saturated heterocycles. The molecule has 1 saturated carbocycles. The van der Waals surface area contributed by atoms with Gasteiger partial charge in [-0.1, -0.05) is 42.5 Å². The Bertz CT molecular complexity index is 751. The quantitative estimate of drug-likeness (QED) is 0.750. The SMILES string of the molecule is Cc1cc(C2=C(OC(=O)O)C3(CCCCC3)NC2=O)c(Cl)cc1Cl. The van der Waals surface area contributed by atoms with Gasteiger partial charge in [0.25, 0.3) is 5.91 Å². The summed E-state index contributed by atoms with van der Waals surface area (Å²) in [7, 11) is 0. The molecule has 0 radical (unpaired) electrons. The summed E-state index contributed by atoms with van der Waals surface area (Å²) in [4.78, 5) is 23.9. The molecule has 24 heavy (non-hydrogen) atoms. The average Bonchev–Trinajstić information content (AvgIpc) is 2.75. The molecule has 1 aromatic rings. The van der Waals surface area contributed by atoms with Crippen LogP contribution in [0.25, 0.3) is 5.57 Å². The van der Waals surface area contributed by atoms with Crippen LogP contribution < -0.4 is 5.32 Å². The molecule has 1 spiro atoms. The van der Waals surface area contributed by atoms with Crippen molar-refractivity contribution < 1.29 is 19.4 Å². The van der Waals surface area contributed by atoms with E-state index in [9.17, 15) is 9.59 Å². The van der Waals surface area contributed by atoms with Gasteiger partial charge in [-0.25, -0.2) is 4.79 Å². The Morgan fingerprint density at radius 2 is 1.88 bits per heavy atom. The van der Waals surface area contributed by atoms with Gasteiger partial charge in [0.1, 0.15) is 5.76 Å². The highest BCUT2D eigenvalue weighted by Crippen LogP contribution is 2.44. The van der Waals surface area contributed by atoms with Crippen LogP contribution in [0.3, 0.4) is 0 Å². The van der Waals surface area contributed by atoms with E-state index in [1.165, 1.54) is 0 Å². The van der Waals surface area contributed by atoms with E-state index >= 15 is 0 Å². The van der Waals surface area contributed by atoms with Gasteiger partial charge in [-0.05, 0) is 37.5 Å². The average molecular weight is 370 g/mol. The topological polar surface area (TPSA) is 75.6 Å². The monoisotopic (exact) mass is 369 g/mol. The van der Waals surface area contributed by atoms with Crippen molar-refractivity contribution >= 4 is 40.8 Å². The van der Waals surface area contributed by atoms with Gasteiger partial charge in [-0.15, -0.1) is 0 Å². The van der Waals surface area contributed by atoms with E-state index in [1.807, 2.05) is 0 Å². The Morgan fingerprint density at radius 1 is 1.21 bits per heavy atom. The van der Waals surface area contributed by atoms with Crippen LogP contribution in [-0.4, -0.2) is 22.7 Å². The lowest BCUT2D eigenvalue weighted by Crippen LogP contribution is -2.46. The molecule has 3 rings (SSSR count). The van der Waals surface area contributed by atoms with Crippen molar-refractivity contribution in [3.8, 4) is 0 Å². The minimum atomic E-state index is -1.44. The zero-order valence-electron chi connectivity index (χ0n) is 13.1. The van der Waals surface area contributed by atoms with Crippen molar-refractivity contribution in [2.45, 2.75) is 44.6 Å². The zero-order valence-corrected chi connectivity index (χ0v) is 14.6. The highest BCUT2D eigenvalue weighted by atomic mass is 35.5. The number of ether oxygens (including phenoxy) is 1. The molecule has 128 valence electrons. The second kappa shape index (κ2) is 6.30. The predicted molar refractivity (Wildman–Crippen MR) is 91.2 cm³/mol. The molecule has 0 unspecified atom stereocenters. The van der Waals surface area contributed by atoms with Gasteiger partial charge in [-0.3, -0.25) is 4.79 Å². The third-order valence-corrected chi connectivity index (χ3v) is 5.38. The van der Waals surface area contributed by atoms with Crippen LogP contribution in [0.2, 0.25) is 10.0 Å². The molecular weight excluding hydrogens is 353 g/mol. The standard InChI is InChI=1S/C17H17Cl2NO4/c1-9-7-10(12(19)8-11(9)18)13-14(24-16(22)23)17(20-15(13)21)5-3-2-4-6-17/h7-8H,2-6H2,1H3,(H,20,21)(H,22,23). The molecule has 1 aliphatic heterocycles. The molecule has 1 heterocycles. The Kier molecular flexibility index (Phi) is 4.49. The lowest BCUT2D eigenvalue weighted by molar-refractivity contribution is -0.116. The highest BCUT2D eigenvalue weighted by molar-refractivity contribution is 6.38. The van der Waals surface area contributed by atoms with Gasteiger partial charge in [-0.2, -0.15) is 0 Å². The normalized spacial score (nSPS) is 19.5. The number of halogens is 2. The minimum Gasteiger partial charge on any atom is -0.449 e. The van der Waals surface area contributed by atoms with Crippen LogP contribution >= 0.6 is 23.2 Å². The second-order valence-electron chi connectivity index (χ2n) is 6.25. The number of carbonyl (C=O) groups excluding carboxylic acids is 1. The number of hydrogen-bond acceptors (Lipinski definition) is 3. The zero-order chi connectivity index (χ0) is 17.5. The number of benzene rings is 1. The number of aryl methyl sites for hydroxylation is 1. The maximum atomic E-state index is 12.7. The molecule has 7 heteroatoms. The highest BCUT2D eigenvalue weighted by Gasteiger charge is 2.49. The number of carbonyl (C=O) groups is 2. The molecular formula is C17H17Cl2NO4. The third-order valence-electron chi connectivity index (χ3n) is 4.66. The summed E-state index contributed by atoms with van der Waals surface area (Å²) in [6.45, 7) is 1.80. The Balaban J connectivity index is 2.20. The Labute approximate surface area is 149 Å². The third kappa shape index (κ3) is 2.87. The van der Waals surface area contributed by atoms with Crippen LogP contribution in [0.5, 0.6) is 0 Å². The fourth-order valence-electron chi connectivity index (χ4n) is 3.52. The molecule has 1 aromatic carbocycles. The number of amides is 1. The fraction of sp³-hybridized carbons (Fsp3) is 0.412. The molecule has 0 aromatic heterocycles. The van der Waals surface area contributed by atoms with E-state index in [1.54, 1.807) is 19.1 Å². The van der Waals surface area contributed by atoms with E-state index in [4.69, 9.17) is 33.0 Å². The first-order chi connectivity index (χ1) is 11.3. The Hall–Kier alpha value is -1.72. The largest absolute Gasteiger partial charge is 0.511 e. The molecule has 1 amide bonds. The number of rotatable bonds is 2. The van der Waals surface area contributed by atoms with Crippen LogP contribution in [0, 0.1) is 6.92 Å². The lowest BCUT2D eigenvalue weighted by atomic mass is 9.80. The maximum Gasteiger partial charge on any atom is 0.511 e. The van der Waals surface area contributed by atoms with Crippen molar-refractivity contribution in [1.82, 2.24) is 5.32 Å². The summed E-state index contributed by atoms with van der Waals surface area (Å²) < 4.78 is 5.09. The van der Waals surface area contributed by atoms with Gasteiger partial charge in [0.2, 0.25) is 0 Å². The van der Waals surface area contributed by atoms with Crippen molar-refractivity contribution in [2.24, 2.45) is 0 Å². The molecule has 1 fully saturated rings. The van der Waals surface area contributed by atoms with Crippen LogP contribution in [0.4, 0.5) is 4.79 Å². The number of hydrogen-bond donors (Lipinski definition) is 2. The summed E-state index contributed by atoms with van der Waals surface area (Å²) in [6.07, 6.45) is 2.70. The van der Waals surface area contributed by atoms with Gasteiger partial charge < -0.3 is 15.2 Å². The first-order valence-corrected chi connectivity index (χ1v) is 8.54. The summed E-state index contributed by atoms with van der Waals surface area (Å²) in [6, 6.07) is 3.24. The van der Waals surface area contributed by atoms with Crippen LogP contribution in [0.15, 0.2) is 17.9 Å². The molecule has 2 aliphatic rings. The number of carboxylic acid groups (broad SMARTS) is 1. The molecule has 5 nitrogen and oxygen atoms in total. The fourth-order valence-corrected chi connectivity index (χ4v) is 3.99. The van der Waals surface area contributed by atoms with Crippen molar-refractivity contribution in [1.29, 1.82) is 0 Å². The summed E-state index contributed by atoms with van der Waals surface area (Å²) in [5.74, 6) is -0.208. The second-order valence-corrected chi connectivity index (χ2v) is 7.06. The first kappa shape index (κ1) is 17.1. The van der Waals surface area contributed by atoms with Gasteiger partial charge in [0.05, 0.1) is 16.1 Å². The molecule has 2 N–H and O–H groups in total. The van der Waals surface area contributed by atoms with Gasteiger partial charge >= 0.3 is 6.16 Å². The maximum absolute atomic E-state index is 12.7. The number of nitrogens with one attached hydrogen (secondary N) is 1. The summed E-state index contributed by atoms with van der Waals surface area (Å²) >= 11 is 12.3. The van der Waals surface area contributed by atoms with E-state index < -0.39 is 11.7 Å². The molecule has 0 atom stereocenters.